The molecule has 2 rings (SSSR count). The van der Waals surface area contributed by atoms with Gasteiger partial charge in [-0.2, -0.15) is 0 Å². The molecule has 1 saturated carbocycles. The number of nitrogens with one attached hydrogen (secondary N) is 1. The normalized spacial score (nSPS) is 22.9. The Morgan fingerprint density at radius 2 is 1.74 bits per heavy atom. The minimum absolute atomic E-state index is 0.0894. The molecule has 2 aliphatic rings. The monoisotopic (exact) mass is 383 g/mol. The third kappa shape index (κ3) is 6.01. The van der Waals surface area contributed by atoms with Crippen LogP contribution < -0.4 is 5.32 Å². The van der Waals surface area contributed by atoms with Gasteiger partial charge in [0.1, 0.15) is 11.6 Å². The van der Waals surface area contributed by atoms with E-state index in [1.165, 1.54) is 4.90 Å². The summed E-state index contributed by atoms with van der Waals surface area (Å²) in [7, 11) is 0. The van der Waals surface area contributed by atoms with Crippen LogP contribution in [-0.4, -0.2) is 70.3 Å². The molecule has 2 N–H and O–H groups in total. The predicted molar refractivity (Wildman–Crippen MR) is 101 cm³/mol. The van der Waals surface area contributed by atoms with Crippen LogP contribution in [0.15, 0.2) is 0 Å². The van der Waals surface area contributed by atoms with Crippen molar-refractivity contribution in [3.05, 3.63) is 0 Å². The lowest BCUT2D eigenvalue weighted by molar-refractivity contribution is -0.137. The number of hydrogen-bond acceptors (Lipinski definition) is 4. The van der Waals surface area contributed by atoms with Gasteiger partial charge in [-0.05, 0) is 46.5 Å². The lowest BCUT2D eigenvalue weighted by atomic mass is 9.83. The first-order valence-electron chi connectivity index (χ1n) is 9.86. The van der Waals surface area contributed by atoms with Gasteiger partial charge in [-0.25, -0.2) is 9.59 Å². The molecule has 0 radical (unpaired) electrons. The van der Waals surface area contributed by atoms with Crippen LogP contribution in [0.1, 0.15) is 59.8 Å². The van der Waals surface area contributed by atoms with Crippen molar-refractivity contribution in [1.82, 2.24) is 15.1 Å². The largest absolute Gasteiger partial charge is 0.465 e. The molecular formula is C19H33N3O5. The molecule has 1 aliphatic carbocycles. The van der Waals surface area contributed by atoms with Crippen LogP contribution in [0.5, 0.6) is 0 Å². The molecule has 3 amide bonds. The van der Waals surface area contributed by atoms with E-state index in [2.05, 4.69) is 5.32 Å². The Bertz CT molecular complexity index is 554. The SMILES string of the molecule is C[C@H]1CN(C(=O)C(NC(=O)OC(C)(C)C)C2CCCCC2)CCN1C(=O)O. The average molecular weight is 383 g/mol. The van der Waals surface area contributed by atoms with E-state index in [9.17, 15) is 19.5 Å². The third-order valence-corrected chi connectivity index (χ3v) is 5.24. The van der Waals surface area contributed by atoms with Gasteiger partial charge in [0.15, 0.2) is 0 Å². The highest BCUT2D eigenvalue weighted by molar-refractivity contribution is 5.86. The Hall–Kier alpha value is -1.99. The van der Waals surface area contributed by atoms with Crippen molar-refractivity contribution >= 4 is 18.1 Å². The standard InChI is InChI=1S/C19H33N3O5/c1-13-12-21(10-11-22(13)18(25)26)16(23)15(14-8-6-5-7-9-14)20-17(24)27-19(2,3)4/h13-15H,5-12H2,1-4H3,(H,20,24)(H,25,26)/t13-,15?/m0/s1. The van der Waals surface area contributed by atoms with Crippen LogP contribution in [0.3, 0.4) is 0 Å². The number of carbonyl (C=O) groups is 3. The predicted octanol–water partition coefficient (Wildman–Crippen LogP) is 2.67. The van der Waals surface area contributed by atoms with Gasteiger partial charge < -0.3 is 25.0 Å². The Morgan fingerprint density at radius 1 is 1.11 bits per heavy atom. The highest BCUT2D eigenvalue weighted by Gasteiger charge is 2.38. The van der Waals surface area contributed by atoms with Crippen molar-refractivity contribution in [3.8, 4) is 0 Å². The average Bonchev–Trinajstić information content (AvgIpc) is 2.58. The van der Waals surface area contributed by atoms with Gasteiger partial charge in [0.05, 0.1) is 0 Å². The number of ether oxygens (including phenoxy) is 1. The minimum Gasteiger partial charge on any atom is -0.465 e. The van der Waals surface area contributed by atoms with E-state index in [0.29, 0.717) is 13.1 Å². The van der Waals surface area contributed by atoms with Crippen LogP contribution in [0.4, 0.5) is 9.59 Å². The summed E-state index contributed by atoms with van der Waals surface area (Å²) in [5.74, 6) is -0.0452. The topological polar surface area (TPSA) is 99.2 Å². The molecule has 0 aromatic rings. The molecule has 1 unspecified atom stereocenters. The van der Waals surface area contributed by atoms with Gasteiger partial charge in [0.25, 0.3) is 0 Å². The second-order valence-corrected chi connectivity index (χ2v) is 8.63. The summed E-state index contributed by atoms with van der Waals surface area (Å²) in [6, 6.07) is -0.891. The Labute approximate surface area is 161 Å². The fourth-order valence-corrected chi connectivity index (χ4v) is 3.92. The van der Waals surface area contributed by atoms with E-state index >= 15 is 0 Å². The van der Waals surface area contributed by atoms with E-state index in [1.807, 2.05) is 0 Å². The lowest BCUT2D eigenvalue weighted by Gasteiger charge is -2.41. The molecule has 2 fully saturated rings. The molecule has 0 bridgehead atoms. The molecule has 1 saturated heterocycles. The number of piperazine rings is 1. The van der Waals surface area contributed by atoms with Crippen LogP contribution in [-0.2, 0) is 9.53 Å². The number of alkyl carbamates (subject to hydrolysis) is 1. The second-order valence-electron chi connectivity index (χ2n) is 8.63. The minimum atomic E-state index is -0.967. The van der Waals surface area contributed by atoms with Gasteiger partial charge in [-0.15, -0.1) is 0 Å². The highest BCUT2D eigenvalue weighted by Crippen LogP contribution is 2.28. The van der Waals surface area contributed by atoms with E-state index in [1.54, 1.807) is 32.6 Å². The van der Waals surface area contributed by atoms with E-state index < -0.39 is 23.8 Å². The summed E-state index contributed by atoms with van der Waals surface area (Å²) in [4.78, 5) is 39.8. The van der Waals surface area contributed by atoms with E-state index in [4.69, 9.17) is 4.74 Å². The van der Waals surface area contributed by atoms with Gasteiger partial charge in [-0.1, -0.05) is 19.3 Å². The zero-order chi connectivity index (χ0) is 20.2. The number of carboxylic acid groups (broad SMARTS) is 1. The van der Waals surface area contributed by atoms with Crippen molar-refractivity contribution in [2.45, 2.75) is 77.5 Å². The number of hydrogen-bond donors (Lipinski definition) is 2. The maximum atomic E-state index is 13.2. The number of rotatable bonds is 3. The van der Waals surface area contributed by atoms with Crippen molar-refractivity contribution in [2.75, 3.05) is 19.6 Å². The first kappa shape index (κ1) is 21.3. The van der Waals surface area contributed by atoms with Gasteiger partial charge in [-0.3, -0.25) is 4.79 Å². The molecule has 1 heterocycles. The molecule has 154 valence electrons. The summed E-state index contributed by atoms with van der Waals surface area (Å²) in [6.45, 7) is 8.13. The van der Waals surface area contributed by atoms with Crippen LogP contribution >= 0.6 is 0 Å². The summed E-state index contributed by atoms with van der Waals surface area (Å²) in [5, 5.41) is 12.0. The summed E-state index contributed by atoms with van der Waals surface area (Å²) in [5.41, 5.74) is -0.633. The first-order valence-corrected chi connectivity index (χ1v) is 9.86. The summed E-state index contributed by atoms with van der Waals surface area (Å²) < 4.78 is 5.36. The van der Waals surface area contributed by atoms with Crippen molar-refractivity contribution in [3.63, 3.8) is 0 Å². The Balaban J connectivity index is 2.08. The zero-order valence-electron chi connectivity index (χ0n) is 16.9. The summed E-state index contributed by atoms with van der Waals surface area (Å²) >= 11 is 0. The van der Waals surface area contributed by atoms with Crippen molar-refractivity contribution < 1.29 is 24.2 Å². The fraction of sp³-hybridized carbons (Fsp3) is 0.842. The van der Waals surface area contributed by atoms with E-state index in [0.717, 1.165) is 32.1 Å². The molecule has 8 nitrogen and oxygen atoms in total. The third-order valence-electron chi connectivity index (χ3n) is 5.24. The van der Waals surface area contributed by atoms with Crippen LogP contribution in [0.25, 0.3) is 0 Å². The molecule has 0 aromatic carbocycles. The van der Waals surface area contributed by atoms with Gasteiger partial charge >= 0.3 is 12.2 Å². The van der Waals surface area contributed by atoms with E-state index in [-0.39, 0.29) is 24.4 Å². The smallest absolute Gasteiger partial charge is 0.408 e. The molecule has 0 spiro atoms. The Morgan fingerprint density at radius 3 is 2.26 bits per heavy atom. The second kappa shape index (κ2) is 8.80. The van der Waals surface area contributed by atoms with Crippen LogP contribution in [0, 0.1) is 5.92 Å². The summed E-state index contributed by atoms with van der Waals surface area (Å²) in [6.07, 6.45) is 3.50. The molecule has 27 heavy (non-hydrogen) atoms. The number of nitrogens with zero attached hydrogens (tertiary/aromatic N) is 2. The molecule has 2 atom stereocenters. The number of amides is 3. The number of carbonyl (C=O) groups excluding carboxylic acids is 2. The molecular weight excluding hydrogens is 350 g/mol. The molecule has 1 aliphatic heterocycles. The molecule has 8 heteroatoms. The van der Waals surface area contributed by atoms with Crippen LogP contribution in [0.2, 0.25) is 0 Å². The quantitative estimate of drug-likeness (QED) is 0.781. The maximum absolute atomic E-state index is 13.2. The van der Waals surface area contributed by atoms with Crippen molar-refractivity contribution in [2.24, 2.45) is 5.92 Å². The molecule has 0 aromatic heterocycles. The highest BCUT2D eigenvalue weighted by atomic mass is 16.6. The van der Waals surface area contributed by atoms with Gasteiger partial charge in [0, 0.05) is 25.7 Å². The van der Waals surface area contributed by atoms with Gasteiger partial charge in [0.2, 0.25) is 5.91 Å². The lowest BCUT2D eigenvalue weighted by Crippen LogP contribution is -2.60. The Kier molecular flexibility index (Phi) is 6.95. The van der Waals surface area contributed by atoms with Crippen molar-refractivity contribution in [1.29, 1.82) is 0 Å². The first-order chi connectivity index (χ1) is 12.6. The fourth-order valence-electron chi connectivity index (χ4n) is 3.92. The maximum Gasteiger partial charge on any atom is 0.408 e. The zero-order valence-corrected chi connectivity index (χ0v) is 16.9.